The zero-order valence-electron chi connectivity index (χ0n) is 17.8. The molecule has 23 heavy (non-hydrogen) atoms. The lowest BCUT2D eigenvalue weighted by Gasteiger charge is -2.20. The summed E-state index contributed by atoms with van der Waals surface area (Å²) in [7, 11) is 0. The van der Waals surface area contributed by atoms with Gasteiger partial charge in [-0.1, -0.05) is 138 Å². The molecule has 0 atom stereocenters. The molecule has 0 fully saturated rings. The van der Waals surface area contributed by atoms with E-state index in [0.29, 0.717) is 0 Å². The molecule has 0 rings (SSSR count). The third-order valence-electron chi connectivity index (χ3n) is 4.80. The topological polar surface area (TPSA) is 0 Å². The van der Waals surface area contributed by atoms with Gasteiger partial charge in [-0.3, -0.25) is 0 Å². The molecule has 0 N–H and O–H groups in total. The second kappa shape index (κ2) is 22.0. The molecule has 0 aliphatic rings. The summed E-state index contributed by atoms with van der Waals surface area (Å²) in [5.74, 6) is 1.88. The third kappa shape index (κ3) is 22.0. The van der Waals surface area contributed by atoms with Crippen LogP contribution in [0.25, 0.3) is 0 Å². The van der Waals surface area contributed by atoms with E-state index in [4.69, 9.17) is 0 Å². The van der Waals surface area contributed by atoms with Crippen molar-refractivity contribution in [1.29, 1.82) is 0 Å². The zero-order valence-corrected chi connectivity index (χ0v) is 17.8. The van der Waals surface area contributed by atoms with Crippen LogP contribution in [0.15, 0.2) is 0 Å². The highest BCUT2D eigenvalue weighted by Crippen LogP contribution is 2.25. The summed E-state index contributed by atoms with van der Waals surface area (Å²) < 4.78 is 0. The van der Waals surface area contributed by atoms with E-state index in [9.17, 15) is 0 Å². The van der Waals surface area contributed by atoms with E-state index in [1.54, 1.807) is 0 Å². The minimum Gasteiger partial charge on any atom is -0.0656 e. The molecule has 0 aromatic heterocycles. The van der Waals surface area contributed by atoms with Crippen LogP contribution < -0.4 is 0 Å². The minimum absolute atomic E-state index is 0.890. The van der Waals surface area contributed by atoms with Crippen LogP contribution in [0.2, 0.25) is 0 Å². The van der Waals surface area contributed by atoms with Gasteiger partial charge in [-0.15, -0.1) is 0 Å². The van der Waals surface area contributed by atoms with Crippen LogP contribution in [-0.2, 0) is 0 Å². The molecule has 0 radical (unpaired) electrons. The average Bonchev–Trinajstić information content (AvgIpc) is 2.52. The normalized spacial score (nSPS) is 11.0. The van der Waals surface area contributed by atoms with Crippen molar-refractivity contribution in [2.24, 2.45) is 11.8 Å². The van der Waals surface area contributed by atoms with E-state index in [2.05, 4.69) is 41.5 Å². The highest BCUT2D eigenvalue weighted by Gasteiger charge is 2.12. The summed E-state index contributed by atoms with van der Waals surface area (Å²) in [6.45, 7) is 13.7. The monoisotopic (exact) mass is 326 g/mol. The Morgan fingerprint density at radius 2 is 0.783 bits per heavy atom. The number of hydrogen-bond acceptors (Lipinski definition) is 0. The summed E-state index contributed by atoms with van der Waals surface area (Å²) in [5, 5.41) is 0. The Kier molecular flexibility index (Phi) is 24.1. The second-order valence-corrected chi connectivity index (χ2v) is 7.82. The Hall–Kier alpha value is 0. The van der Waals surface area contributed by atoms with E-state index in [1.807, 2.05) is 0 Å². The van der Waals surface area contributed by atoms with Crippen molar-refractivity contribution < 1.29 is 0 Å². The molecular weight excluding hydrogens is 276 g/mol. The number of unbranched alkanes of at least 4 members (excludes halogenated alkanes) is 10. The van der Waals surface area contributed by atoms with Crippen molar-refractivity contribution >= 4 is 0 Å². The van der Waals surface area contributed by atoms with Crippen molar-refractivity contribution in [3.8, 4) is 0 Å². The summed E-state index contributed by atoms with van der Waals surface area (Å²) >= 11 is 0. The highest BCUT2D eigenvalue weighted by atomic mass is 14.2. The lowest BCUT2D eigenvalue weighted by atomic mass is 9.85. The first-order valence-electron chi connectivity index (χ1n) is 11.1. The lowest BCUT2D eigenvalue weighted by molar-refractivity contribution is 0.312. The maximum Gasteiger partial charge on any atom is -0.0391 e. The quantitative estimate of drug-likeness (QED) is 0.263. The standard InChI is InChI=1S/C20H42.C3H8/c1-5-7-9-11-13-15-17-20(19(3)4)18-16-14-12-10-8-6-2;1-3-2/h19-20H,5-18H2,1-4H3;3H2,1-2H3. The van der Waals surface area contributed by atoms with Gasteiger partial charge in [0.25, 0.3) is 0 Å². The molecule has 142 valence electrons. The second-order valence-electron chi connectivity index (χ2n) is 7.82. The summed E-state index contributed by atoms with van der Waals surface area (Å²) in [6, 6.07) is 0. The van der Waals surface area contributed by atoms with Crippen LogP contribution in [-0.4, -0.2) is 0 Å². The summed E-state index contributed by atoms with van der Waals surface area (Å²) in [4.78, 5) is 0. The molecule has 0 aliphatic carbocycles. The van der Waals surface area contributed by atoms with Crippen LogP contribution in [0.3, 0.4) is 0 Å². The molecule has 0 aromatic rings. The van der Waals surface area contributed by atoms with Crippen LogP contribution >= 0.6 is 0 Å². The first-order valence-corrected chi connectivity index (χ1v) is 11.1. The smallest absolute Gasteiger partial charge is 0.0391 e. The lowest BCUT2D eigenvalue weighted by Crippen LogP contribution is -2.08. The molecule has 0 saturated carbocycles. The summed E-state index contributed by atoms with van der Waals surface area (Å²) in [6.07, 6.45) is 21.6. The molecule has 0 heteroatoms. The molecular formula is C23H50. The molecule has 0 bridgehead atoms. The molecule has 0 heterocycles. The van der Waals surface area contributed by atoms with Gasteiger partial charge in [0.1, 0.15) is 0 Å². The Morgan fingerprint density at radius 3 is 1.09 bits per heavy atom. The van der Waals surface area contributed by atoms with Gasteiger partial charge in [-0.25, -0.2) is 0 Å². The van der Waals surface area contributed by atoms with Gasteiger partial charge in [0.15, 0.2) is 0 Å². The molecule has 0 amide bonds. The van der Waals surface area contributed by atoms with E-state index in [-0.39, 0.29) is 0 Å². The first kappa shape index (κ1) is 25.2. The fourth-order valence-corrected chi connectivity index (χ4v) is 3.18. The average molecular weight is 327 g/mol. The van der Waals surface area contributed by atoms with Crippen molar-refractivity contribution in [1.82, 2.24) is 0 Å². The Balaban J connectivity index is 0. The maximum absolute atomic E-state index is 2.43. The van der Waals surface area contributed by atoms with Gasteiger partial charge in [0.05, 0.1) is 0 Å². The van der Waals surface area contributed by atoms with Crippen molar-refractivity contribution in [3.63, 3.8) is 0 Å². The van der Waals surface area contributed by atoms with E-state index in [1.165, 1.54) is 96.3 Å². The van der Waals surface area contributed by atoms with Crippen LogP contribution in [0, 0.1) is 11.8 Å². The van der Waals surface area contributed by atoms with Crippen LogP contribution in [0.4, 0.5) is 0 Å². The van der Waals surface area contributed by atoms with E-state index >= 15 is 0 Å². The van der Waals surface area contributed by atoms with Gasteiger partial charge in [-0.05, 0) is 11.8 Å². The molecule has 0 aromatic carbocycles. The van der Waals surface area contributed by atoms with Gasteiger partial charge in [0.2, 0.25) is 0 Å². The van der Waals surface area contributed by atoms with Crippen molar-refractivity contribution in [3.05, 3.63) is 0 Å². The molecule has 0 unspecified atom stereocenters. The first-order chi connectivity index (χ1) is 11.1. The fourth-order valence-electron chi connectivity index (χ4n) is 3.18. The molecule has 0 spiro atoms. The fraction of sp³-hybridized carbons (Fsp3) is 1.00. The van der Waals surface area contributed by atoms with E-state index in [0.717, 1.165) is 11.8 Å². The zero-order chi connectivity index (χ0) is 17.8. The minimum atomic E-state index is 0.890. The molecule has 0 saturated heterocycles. The number of hydrogen-bond donors (Lipinski definition) is 0. The predicted octanol–water partition coefficient (Wildman–Crippen LogP) is 9.18. The van der Waals surface area contributed by atoms with Crippen molar-refractivity contribution in [2.75, 3.05) is 0 Å². The summed E-state index contributed by atoms with van der Waals surface area (Å²) in [5.41, 5.74) is 0. The maximum atomic E-state index is 2.43. The van der Waals surface area contributed by atoms with Gasteiger partial charge in [0, 0.05) is 0 Å². The van der Waals surface area contributed by atoms with Gasteiger partial charge in [-0.2, -0.15) is 0 Å². The SMILES string of the molecule is CCC.CCCCCCCCC(CCCCCCCC)C(C)C. The predicted molar refractivity (Wildman–Crippen MR) is 110 cm³/mol. The number of rotatable bonds is 15. The Bertz CT molecular complexity index is 166. The van der Waals surface area contributed by atoms with Gasteiger partial charge < -0.3 is 0 Å². The van der Waals surface area contributed by atoms with E-state index < -0.39 is 0 Å². The largest absolute Gasteiger partial charge is 0.0656 e. The third-order valence-corrected chi connectivity index (χ3v) is 4.80. The molecule has 0 nitrogen and oxygen atoms in total. The Labute approximate surface area is 150 Å². The molecule has 0 aliphatic heterocycles. The Morgan fingerprint density at radius 1 is 0.478 bits per heavy atom. The highest BCUT2D eigenvalue weighted by molar-refractivity contribution is 4.64. The van der Waals surface area contributed by atoms with Gasteiger partial charge >= 0.3 is 0 Å². The van der Waals surface area contributed by atoms with Crippen LogP contribution in [0.1, 0.15) is 138 Å². The van der Waals surface area contributed by atoms with Crippen LogP contribution in [0.5, 0.6) is 0 Å². The van der Waals surface area contributed by atoms with Crippen molar-refractivity contribution in [2.45, 2.75) is 138 Å².